The minimum atomic E-state index is -0.222. The van der Waals surface area contributed by atoms with Crippen molar-refractivity contribution in [1.29, 1.82) is 0 Å². The molecule has 0 radical (unpaired) electrons. The van der Waals surface area contributed by atoms with E-state index in [-0.39, 0.29) is 11.6 Å². The highest BCUT2D eigenvalue weighted by molar-refractivity contribution is 5.92. The molecule has 0 aliphatic carbocycles. The fraction of sp³-hybridized carbons (Fsp3) is 0.250. The number of carbonyl (C=O) groups excluding carboxylic acids is 1. The third-order valence-corrected chi connectivity index (χ3v) is 1.53. The lowest BCUT2D eigenvalue weighted by Gasteiger charge is -2.08. The van der Waals surface area contributed by atoms with Crippen molar-refractivity contribution in [3.8, 4) is 0 Å². The van der Waals surface area contributed by atoms with Crippen LogP contribution in [0.3, 0.4) is 0 Å². The lowest BCUT2D eigenvalue weighted by Crippen LogP contribution is -2.22. The molecular weight excluding hydrogens is 182 g/mol. The van der Waals surface area contributed by atoms with Crippen LogP contribution in [0.5, 0.6) is 0 Å². The van der Waals surface area contributed by atoms with Crippen LogP contribution in [0.2, 0.25) is 0 Å². The standard InChI is InChI=1S/C8H9N5O/c1-13(2)8(14)7-5-6(11-12-9)3-4-10-7/h3-5H,1-2H3. The summed E-state index contributed by atoms with van der Waals surface area (Å²) in [5.74, 6) is -0.222. The van der Waals surface area contributed by atoms with E-state index in [1.165, 1.54) is 23.2 Å². The van der Waals surface area contributed by atoms with E-state index < -0.39 is 0 Å². The van der Waals surface area contributed by atoms with E-state index in [0.717, 1.165) is 0 Å². The molecule has 72 valence electrons. The number of azide groups is 1. The van der Waals surface area contributed by atoms with Gasteiger partial charge in [-0.25, -0.2) is 0 Å². The largest absolute Gasteiger partial charge is 0.343 e. The van der Waals surface area contributed by atoms with Gasteiger partial charge in [0.1, 0.15) is 5.69 Å². The number of hydrogen-bond acceptors (Lipinski definition) is 3. The van der Waals surface area contributed by atoms with Crippen LogP contribution in [-0.4, -0.2) is 29.9 Å². The van der Waals surface area contributed by atoms with E-state index in [1.54, 1.807) is 14.1 Å². The Labute approximate surface area is 80.8 Å². The first kappa shape index (κ1) is 10.0. The van der Waals surface area contributed by atoms with Crippen LogP contribution in [0.4, 0.5) is 5.69 Å². The summed E-state index contributed by atoms with van der Waals surface area (Å²) in [5, 5.41) is 3.38. The maximum absolute atomic E-state index is 11.4. The minimum Gasteiger partial charge on any atom is -0.343 e. The summed E-state index contributed by atoms with van der Waals surface area (Å²) in [7, 11) is 3.26. The molecular formula is C8H9N5O. The van der Waals surface area contributed by atoms with Gasteiger partial charge in [0.15, 0.2) is 0 Å². The third-order valence-electron chi connectivity index (χ3n) is 1.53. The Hall–Kier alpha value is -2.07. The molecule has 0 aliphatic heterocycles. The summed E-state index contributed by atoms with van der Waals surface area (Å²) in [6.07, 6.45) is 1.43. The predicted molar refractivity (Wildman–Crippen MR) is 51.1 cm³/mol. The number of pyridine rings is 1. The predicted octanol–water partition coefficient (Wildman–Crippen LogP) is 1.73. The third kappa shape index (κ3) is 2.21. The Bertz CT molecular complexity index is 394. The van der Waals surface area contributed by atoms with Gasteiger partial charge in [-0.2, -0.15) is 0 Å². The molecule has 0 saturated heterocycles. The van der Waals surface area contributed by atoms with Crippen LogP contribution < -0.4 is 0 Å². The van der Waals surface area contributed by atoms with E-state index in [2.05, 4.69) is 15.0 Å². The molecule has 1 amide bonds. The van der Waals surface area contributed by atoms with Crippen LogP contribution in [0.1, 0.15) is 10.5 Å². The average molecular weight is 191 g/mol. The van der Waals surface area contributed by atoms with Crippen LogP contribution in [0.15, 0.2) is 23.4 Å². The quantitative estimate of drug-likeness (QED) is 0.405. The van der Waals surface area contributed by atoms with Gasteiger partial charge >= 0.3 is 0 Å². The van der Waals surface area contributed by atoms with E-state index in [4.69, 9.17) is 5.53 Å². The second-order valence-corrected chi connectivity index (χ2v) is 2.79. The number of nitrogens with zero attached hydrogens (tertiary/aromatic N) is 5. The molecule has 0 fully saturated rings. The van der Waals surface area contributed by atoms with Gasteiger partial charge in [0.2, 0.25) is 0 Å². The van der Waals surface area contributed by atoms with Crippen LogP contribution in [-0.2, 0) is 0 Å². The summed E-state index contributed by atoms with van der Waals surface area (Å²) in [4.78, 5) is 19.3. The van der Waals surface area contributed by atoms with E-state index in [0.29, 0.717) is 5.69 Å². The van der Waals surface area contributed by atoms with Gasteiger partial charge in [0.25, 0.3) is 5.91 Å². The first-order valence-corrected chi connectivity index (χ1v) is 3.88. The maximum atomic E-state index is 11.4. The summed E-state index contributed by atoms with van der Waals surface area (Å²) < 4.78 is 0. The second kappa shape index (κ2) is 4.25. The normalized spacial score (nSPS) is 9.00. The number of hydrogen-bond donors (Lipinski definition) is 0. The van der Waals surface area contributed by atoms with Crippen molar-refractivity contribution in [2.75, 3.05) is 14.1 Å². The second-order valence-electron chi connectivity index (χ2n) is 2.79. The lowest BCUT2D eigenvalue weighted by molar-refractivity contribution is 0.0822. The average Bonchev–Trinajstić information content (AvgIpc) is 2.17. The SMILES string of the molecule is CN(C)C(=O)c1cc(N=[N+]=[N-])ccn1. The summed E-state index contributed by atoms with van der Waals surface area (Å²) in [5.41, 5.74) is 8.85. The van der Waals surface area contributed by atoms with Gasteiger partial charge in [0, 0.05) is 30.9 Å². The molecule has 1 heterocycles. The van der Waals surface area contributed by atoms with Crippen molar-refractivity contribution < 1.29 is 4.79 Å². The van der Waals surface area contributed by atoms with Gasteiger partial charge in [-0.1, -0.05) is 5.11 Å². The number of carbonyl (C=O) groups is 1. The molecule has 1 rings (SSSR count). The van der Waals surface area contributed by atoms with Crippen molar-refractivity contribution in [1.82, 2.24) is 9.88 Å². The minimum absolute atomic E-state index is 0.222. The molecule has 0 aromatic carbocycles. The Kier molecular flexibility index (Phi) is 3.04. The highest BCUT2D eigenvalue weighted by Gasteiger charge is 2.08. The first-order chi connectivity index (χ1) is 6.65. The smallest absolute Gasteiger partial charge is 0.271 e. The molecule has 0 unspecified atom stereocenters. The van der Waals surface area contributed by atoms with Gasteiger partial charge in [-0.3, -0.25) is 9.78 Å². The summed E-state index contributed by atoms with van der Waals surface area (Å²) in [6.45, 7) is 0. The highest BCUT2D eigenvalue weighted by Crippen LogP contribution is 2.12. The molecule has 1 aromatic rings. The monoisotopic (exact) mass is 191 g/mol. The Balaban J connectivity index is 3.05. The molecule has 6 nitrogen and oxygen atoms in total. The van der Waals surface area contributed by atoms with Crippen LogP contribution >= 0.6 is 0 Å². The lowest BCUT2D eigenvalue weighted by atomic mass is 10.3. The molecule has 0 spiro atoms. The number of amides is 1. The zero-order chi connectivity index (χ0) is 10.6. The van der Waals surface area contributed by atoms with Gasteiger partial charge in [-0.15, -0.1) is 0 Å². The van der Waals surface area contributed by atoms with Crippen LogP contribution in [0, 0.1) is 0 Å². The number of rotatable bonds is 2. The molecule has 0 bridgehead atoms. The molecule has 14 heavy (non-hydrogen) atoms. The zero-order valence-electron chi connectivity index (χ0n) is 7.88. The molecule has 0 saturated carbocycles. The Morgan fingerprint density at radius 1 is 1.64 bits per heavy atom. The van der Waals surface area contributed by atoms with Gasteiger partial charge in [0.05, 0.1) is 0 Å². The van der Waals surface area contributed by atoms with Crippen molar-refractivity contribution in [3.05, 3.63) is 34.5 Å². The van der Waals surface area contributed by atoms with Crippen molar-refractivity contribution in [2.45, 2.75) is 0 Å². The Morgan fingerprint density at radius 3 is 2.93 bits per heavy atom. The molecule has 0 N–H and O–H groups in total. The molecule has 1 aromatic heterocycles. The first-order valence-electron chi connectivity index (χ1n) is 3.88. The van der Waals surface area contributed by atoms with E-state index >= 15 is 0 Å². The summed E-state index contributed by atoms with van der Waals surface area (Å²) >= 11 is 0. The fourth-order valence-corrected chi connectivity index (χ4v) is 0.879. The fourth-order valence-electron chi connectivity index (χ4n) is 0.879. The Morgan fingerprint density at radius 2 is 2.36 bits per heavy atom. The number of aromatic nitrogens is 1. The van der Waals surface area contributed by atoms with Crippen molar-refractivity contribution >= 4 is 11.6 Å². The zero-order valence-corrected chi connectivity index (χ0v) is 7.88. The molecule has 0 aliphatic rings. The van der Waals surface area contributed by atoms with Crippen molar-refractivity contribution in [3.63, 3.8) is 0 Å². The van der Waals surface area contributed by atoms with Gasteiger partial charge in [-0.05, 0) is 17.7 Å². The van der Waals surface area contributed by atoms with E-state index in [9.17, 15) is 4.79 Å². The van der Waals surface area contributed by atoms with Crippen molar-refractivity contribution in [2.24, 2.45) is 5.11 Å². The molecule has 6 heteroatoms. The van der Waals surface area contributed by atoms with Crippen LogP contribution in [0.25, 0.3) is 10.4 Å². The summed E-state index contributed by atoms with van der Waals surface area (Å²) in [6, 6.07) is 2.98. The van der Waals surface area contributed by atoms with Gasteiger partial charge < -0.3 is 4.90 Å². The highest BCUT2D eigenvalue weighted by atomic mass is 16.2. The topological polar surface area (TPSA) is 82.0 Å². The molecule has 0 atom stereocenters. The maximum Gasteiger partial charge on any atom is 0.271 e. The van der Waals surface area contributed by atoms with E-state index in [1.807, 2.05) is 0 Å².